The highest BCUT2D eigenvalue weighted by atomic mass is 35.5. The van der Waals surface area contributed by atoms with Crippen LogP contribution in [0.1, 0.15) is 19.3 Å². The van der Waals surface area contributed by atoms with E-state index in [-0.39, 0.29) is 5.24 Å². The van der Waals surface area contributed by atoms with E-state index < -0.39 is 0 Å². The van der Waals surface area contributed by atoms with E-state index in [0.717, 1.165) is 13.0 Å². The molecule has 0 bridgehead atoms. The number of carbonyl (C=O) groups excluding carboxylic acids is 1. The predicted molar refractivity (Wildman–Crippen MR) is 36.5 cm³/mol. The fourth-order valence-electron chi connectivity index (χ4n) is 1.12. The molecule has 1 heterocycles. The zero-order chi connectivity index (χ0) is 6.69. The van der Waals surface area contributed by atoms with E-state index >= 15 is 0 Å². The third kappa shape index (κ3) is 2.33. The number of nitrogens with one attached hydrogen (secondary N) is 1. The molecule has 2 nitrogen and oxygen atoms in total. The molecule has 1 fully saturated rings. The largest absolute Gasteiger partial charge is 0.313 e. The molecule has 0 aromatic carbocycles. The summed E-state index contributed by atoms with van der Waals surface area (Å²) in [6, 6.07) is 0.356. The summed E-state index contributed by atoms with van der Waals surface area (Å²) < 4.78 is 0. The van der Waals surface area contributed by atoms with Crippen molar-refractivity contribution < 1.29 is 4.79 Å². The zero-order valence-electron chi connectivity index (χ0n) is 5.19. The Morgan fingerprint density at radius 1 is 1.78 bits per heavy atom. The van der Waals surface area contributed by atoms with Crippen molar-refractivity contribution in [2.45, 2.75) is 25.3 Å². The predicted octanol–water partition coefficient (Wildman–Crippen LogP) is 0.894. The summed E-state index contributed by atoms with van der Waals surface area (Å²) in [4.78, 5) is 10.3. The molecule has 1 aliphatic heterocycles. The van der Waals surface area contributed by atoms with Gasteiger partial charge in [-0.3, -0.25) is 4.79 Å². The molecule has 1 N–H and O–H groups in total. The lowest BCUT2D eigenvalue weighted by atomic mass is 10.2. The normalized spacial score (nSPS) is 26.6. The van der Waals surface area contributed by atoms with Gasteiger partial charge < -0.3 is 5.32 Å². The van der Waals surface area contributed by atoms with Crippen LogP contribution in [-0.4, -0.2) is 17.8 Å². The summed E-state index contributed by atoms with van der Waals surface area (Å²) in [5.74, 6) is 0. The zero-order valence-corrected chi connectivity index (χ0v) is 5.95. The molecule has 52 valence electrons. The second-order valence-corrected chi connectivity index (χ2v) is 2.77. The molecular formula is C6H10ClNO. The molecule has 0 saturated carbocycles. The van der Waals surface area contributed by atoms with Crippen LogP contribution in [0.4, 0.5) is 0 Å². The Balaban J connectivity index is 2.19. The first-order valence-corrected chi connectivity index (χ1v) is 3.58. The van der Waals surface area contributed by atoms with E-state index in [1.807, 2.05) is 0 Å². The molecule has 0 aromatic rings. The van der Waals surface area contributed by atoms with Crippen molar-refractivity contribution in [3.05, 3.63) is 0 Å². The van der Waals surface area contributed by atoms with Gasteiger partial charge in [-0.05, 0) is 31.0 Å². The smallest absolute Gasteiger partial charge is 0.223 e. The van der Waals surface area contributed by atoms with Gasteiger partial charge in [0.2, 0.25) is 5.24 Å². The van der Waals surface area contributed by atoms with Gasteiger partial charge in [-0.1, -0.05) is 0 Å². The van der Waals surface area contributed by atoms with Crippen LogP contribution in [-0.2, 0) is 4.79 Å². The lowest BCUT2D eigenvalue weighted by molar-refractivity contribution is -0.112. The van der Waals surface area contributed by atoms with Crippen LogP contribution in [0, 0.1) is 0 Å². The fourth-order valence-corrected chi connectivity index (χ4v) is 1.31. The number of hydrogen-bond acceptors (Lipinski definition) is 2. The molecule has 1 rings (SSSR count). The van der Waals surface area contributed by atoms with Gasteiger partial charge in [-0.2, -0.15) is 0 Å². The van der Waals surface area contributed by atoms with E-state index in [2.05, 4.69) is 5.32 Å². The van der Waals surface area contributed by atoms with Crippen LogP contribution in [0.5, 0.6) is 0 Å². The molecule has 9 heavy (non-hydrogen) atoms. The van der Waals surface area contributed by atoms with Crippen molar-refractivity contribution in [2.75, 3.05) is 6.54 Å². The second kappa shape index (κ2) is 3.18. The van der Waals surface area contributed by atoms with Crippen LogP contribution in [0.25, 0.3) is 0 Å². The SMILES string of the molecule is O=C(Cl)CC1CCCN1. The van der Waals surface area contributed by atoms with Gasteiger partial charge in [0.25, 0.3) is 0 Å². The summed E-state index contributed by atoms with van der Waals surface area (Å²) in [7, 11) is 0. The topological polar surface area (TPSA) is 29.1 Å². The first kappa shape index (κ1) is 7.03. The van der Waals surface area contributed by atoms with Crippen molar-refractivity contribution in [3.63, 3.8) is 0 Å². The Morgan fingerprint density at radius 3 is 3.00 bits per heavy atom. The molecular weight excluding hydrogens is 138 g/mol. The maximum absolute atomic E-state index is 10.3. The first-order chi connectivity index (χ1) is 4.29. The van der Waals surface area contributed by atoms with Crippen LogP contribution in [0.3, 0.4) is 0 Å². The van der Waals surface area contributed by atoms with Crippen LogP contribution in [0.2, 0.25) is 0 Å². The Morgan fingerprint density at radius 2 is 2.56 bits per heavy atom. The lowest BCUT2D eigenvalue weighted by Crippen LogP contribution is -2.22. The van der Waals surface area contributed by atoms with Gasteiger partial charge in [0.15, 0.2) is 0 Å². The van der Waals surface area contributed by atoms with E-state index in [4.69, 9.17) is 11.6 Å². The first-order valence-electron chi connectivity index (χ1n) is 3.21. The van der Waals surface area contributed by atoms with Crippen molar-refractivity contribution in [1.29, 1.82) is 0 Å². The third-order valence-electron chi connectivity index (χ3n) is 1.57. The van der Waals surface area contributed by atoms with E-state index in [1.165, 1.54) is 6.42 Å². The Labute approximate surface area is 59.6 Å². The maximum Gasteiger partial charge on any atom is 0.223 e. The van der Waals surface area contributed by atoms with Crippen molar-refractivity contribution in [3.8, 4) is 0 Å². The average Bonchev–Trinajstić information content (AvgIpc) is 2.15. The highest BCUT2D eigenvalue weighted by Crippen LogP contribution is 2.09. The van der Waals surface area contributed by atoms with Gasteiger partial charge in [0, 0.05) is 12.5 Å². The quantitative estimate of drug-likeness (QED) is 0.588. The summed E-state index contributed by atoms with van der Waals surface area (Å²) in [5, 5.41) is 2.96. The van der Waals surface area contributed by atoms with Gasteiger partial charge >= 0.3 is 0 Å². The summed E-state index contributed by atoms with van der Waals surface area (Å²) in [6.07, 6.45) is 2.76. The van der Waals surface area contributed by atoms with Gasteiger partial charge in [-0.15, -0.1) is 0 Å². The van der Waals surface area contributed by atoms with Crippen LogP contribution >= 0.6 is 11.6 Å². The molecule has 3 heteroatoms. The number of rotatable bonds is 2. The molecule has 0 amide bonds. The monoisotopic (exact) mass is 147 g/mol. The van der Waals surface area contributed by atoms with E-state index in [9.17, 15) is 4.79 Å². The third-order valence-corrected chi connectivity index (χ3v) is 1.72. The Hall–Kier alpha value is -0.0800. The standard InChI is InChI=1S/C6H10ClNO/c7-6(9)4-5-2-1-3-8-5/h5,8H,1-4H2. The molecule has 0 aromatic heterocycles. The van der Waals surface area contributed by atoms with E-state index in [1.54, 1.807) is 0 Å². The number of carbonyl (C=O) groups is 1. The lowest BCUT2D eigenvalue weighted by Gasteiger charge is -2.03. The minimum Gasteiger partial charge on any atom is -0.313 e. The number of hydrogen-bond donors (Lipinski definition) is 1. The van der Waals surface area contributed by atoms with Crippen molar-refractivity contribution >= 4 is 16.8 Å². The maximum atomic E-state index is 10.3. The summed E-state index contributed by atoms with van der Waals surface area (Å²) in [5.41, 5.74) is 0. The van der Waals surface area contributed by atoms with E-state index in [0.29, 0.717) is 12.5 Å². The van der Waals surface area contributed by atoms with Gasteiger partial charge in [-0.25, -0.2) is 0 Å². The molecule has 0 radical (unpaired) electrons. The van der Waals surface area contributed by atoms with Gasteiger partial charge in [0.05, 0.1) is 0 Å². The summed E-state index contributed by atoms with van der Waals surface area (Å²) in [6.45, 7) is 1.04. The Bertz CT molecular complexity index is 110. The molecule has 0 spiro atoms. The van der Waals surface area contributed by atoms with Crippen LogP contribution in [0.15, 0.2) is 0 Å². The number of halogens is 1. The molecule has 1 unspecified atom stereocenters. The second-order valence-electron chi connectivity index (χ2n) is 2.35. The summed E-state index contributed by atoms with van der Waals surface area (Å²) >= 11 is 5.18. The molecule has 1 saturated heterocycles. The van der Waals surface area contributed by atoms with Crippen LogP contribution < -0.4 is 5.32 Å². The Kier molecular flexibility index (Phi) is 2.49. The molecule has 0 aliphatic carbocycles. The highest BCUT2D eigenvalue weighted by molar-refractivity contribution is 6.63. The molecule has 1 aliphatic rings. The minimum absolute atomic E-state index is 0.227. The average molecular weight is 148 g/mol. The van der Waals surface area contributed by atoms with Crippen molar-refractivity contribution in [1.82, 2.24) is 5.32 Å². The van der Waals surface area contributed by atoms with Crippen molar-refractivity contribution in [2.24, 2.45) is 0 Å². The fraction of sp³-hybridized carbons (Fsp3) is 0.833. The van der Waals surface area contributed by atoms with Gasteiger partial charge in [0.1, 0.15) is 0 Å². The minimum atomic E-state index is -0.227. The molecule has 1 atom stereocenters. The highest BCUT2D eigenvalue weighted by Gasteiger charge is 2.15.